The minimum atomic E-state index is 0.733. The number of pyridine rings is 1. The second-order valence-electron chi connectivity index (χ2n) is 5.37. The molecule has 4 rings (SSSR count). The Kier molecular flexibility index (Phi) is 3.20. The van der Waals surface area contributed by atoms with Crippen LogP contribution in [0.1, 0.15) is 16.8 Å². The van der Waals surface area contributed by atoms with E-state index in [0.29, 0.717) is 0 Å². The summed E-state index contributed by atoms with van der Waals surface area (Å²) in [6.07, 6.45) is 4.29. The van der Waals surface area contributed by atoms with Gasteiger partial charge in [-0.1, -0.05) is 66.7 Å². The van der Waals surface area contributed by atoms with Gasteiger partial charge in [-0.15, -0.1) is 0 Å². The van der Waals surface area contributed by atoms with Crippen LogP contribution < -0.4 is 5.32 Å². The monoisotopic (exact) mass is 284 g/mol. The number of rotatable bonds is 1. The van der Waals surface area contributed by atoms with Crippen molar-refractivity contribution in [1.82, 2.24) is 4.98 Å². The van der Waals surface area contributed by atoms with Gasteiger partial charge in [0, 0.05) is 11.3 Å². The lowest BCUT2D eigenvalue weighted by molar-refractivity contribution is 1.04. The van der Waals surface area contributed by atoms with Crippen molar-refractivity contribution < 1.29 is 0 Å². The molecule has 0 atom stereocenters. The molecule has 0 saturated heterocycles. The van der Waals surface area contributed by atoms with Crippen molar-refractivity contribution in [1.29, 1.82) is 0 Å². The Labute approximate surface area is 130 Å². The van der Waals surface area contributed by atoms with Crippen molar-refractivity contribution in [3.63, 3.8) is 0 Å². The number of para-hydroxylation sites is 1. The van der Waals surface area contributed by atoms with Gasteiger partial charge in [0.1, 0.15) is 0 Å². The van der Waals surface area contributed by atoms with E-state index in [1.54, 1.807) is 0 Å². The first-order chi connectivity index (χ1) is 10.9. The van der Waals surface area contributed by atoms with Gasteiger partial charge in [-0.25, -0.2) is 0 Å². The molecule has 0 unspecified atom stereocenters. The molecular weight excluding hydrogens is 268 g/mol. The molecule has 0 radical (unpaired) electrons. The fourth-order valence-electron chi connectivity index (χ4n) is 2.74. The Morgan fingerprint density at radius 3 is 2.41 bits per heavy atom. The first-order valence-electron chi connectivity index (χ1n) is 7.46. The van der Waals surface area contributed by atoms with Gasteiger partial charge in [-0.3, -0.25) is 4.98 Å². The van der Waals surface area contributed by atoms with Crippen molar-refractivity contribution in [3.05, 3.63) is 83.6 Å². The average molecular weight is 284 g/mol. The standard InChI is InChI=1S/C20H16N2/c1-2-6-15(7-3-1)19-13-12-17-11-10-16-8-4-5-9-18(16)21-14-20(17)22-19/h1-13,21H,14H2/b11-10-. The number of hydrogen-bond acceptors (Lipinski definition) is 2. The van der Waals surface area contributed by atoms with E-state index in [9.17, 15) is 0 Å². The number of benzene rings is 2. The largest absolute Gasteiger partial charge is 0.379 e. The third kappa shape index (κ3) is 2.40. The first-order valence-corrected chi connectivity index (χ1v) is 7.46. The fourth-order valence-corrected chi connectivity index (χ4v) is 2.74. The number of hydrogen-bond donors (Lipinski definition) is 1. The normalized spacial score (nSPS) is 14.0. The lowest BCUT2D eigenvalue weighted by Gasteiger charge is -2.15. The van der Waals surface area contributed by atoms with E-state index in [2.05, 4.69) is 66.0 Å². The summed E-state index contributed by atoms with van der Waals surface area (Å²) in [7, 11) is 0. The molecule has 1 N–H and O–H groups in total. The van der Waals surface area contributed by atoms with Crippen molar-refractivity contribution in [2.75, 3.05) is 5.32 Å². The van der Waals surface area contributed by atoms with Gasteiger partial charge >= 0.3 is 0 Å². The molecule has 0 bridgehead atoms. The second kappa shape index (κ2) is 5.49. The number of nitrogens with one attached hydrogen (secondary N) is 1. The summed E-state index contributed by atoms with van der Waals surface area (Å²) in [4.78, 5) is 4.84. The number of nitrogens with zero attached hydrogens (tertiary/aromatic N) is 1. The summed E-state index contributed by atoms with van der Waals surface area (Å²) in [5.74, 6) is 0. The van der Waals surface area contributed by atoms with Crippen molar-refractivity contribution in [2.45, 2.75) is 6.54 Å². The Morgan fingerprint density at radius 2 is 1.50 bits per heavy atom. The molecule has 0 fully saturated rings. The van der Waals surface area contributed by atoms with Crippen LogP contribution in [0.4, 0.5) is 5.69 Å². The van der Waals surface area contributed by atoms with Crippen LogP contribution in [0.2, 0.25) is 0 Å². The molecule has 106 valence electrons. The van der Waals surface area contributed by atoms with E-state index < -0.39 is 0 Å². The quantitative estimate of drug-likeness (QED) is 0.691. The van der Waals surface area contributed by atoms with Crippen LogP contribution in [0.5, 0.6) is 0 Å². The summed E-state index contributed by atoms with van der Waals surface area (Å²) >= 11 is 0. The van der Waals surface area contributed by atoms with Crippen LogP contribution in [0.3, 0.4) is 0 Å². The molecule has 3 aromatic rings. The van der Waals surface area contributed by atoms with E-state index in [-0.39, 0.29) is 0 Å². The van der Waals surface area contributed by atoms with Gasteiger partial charge in [0.05, 0.1) is 17.9 Å². The molecule has 0 amide bonds. The maximum Gasteiger partial charge on any atom is 0.0706 e. The summed E-state index contributed by atoms with van der Waals surface area (Å²) in [5, 5.41) is 3.49. The molecular formula is C20H16N2. The molecule has 1 aliphatic heterocycles. The Hall–Kier alpha value is -2.87. The van der Waals surface area contributed by atoms with E-state index >= 15 is 0 Å². The molecule has 1 aromatic heterocycles. The Morgan fingerprint density at radius 1 is 0.727 bits per heavy atom. The van der Waals surface area contributed by atoms with Crippen molar-refractivity contribution in [3.8, 4) is 11.3 Å². The van der Waals surface area contributed by atoms with E-state index in [1.165, 1.54) is 11.1 Å². The molecule has 0 saturated carbocycles. The maximum atomic E-state index is 4.84. The summed E-state index contributed by atoms with van der Waals surface area (Å²) < 4.78 is 0. The molecule has 0 aliphatic carbocycles. The first kappa shape index (κ1) is 12.8. The van der Waals surface area contributed by atoms with Gasteiger partial charge in [0.25, 0.3) is 0 Å². The van der Waals surface area contributed by atoms with Crippen LogP contribution in [0.25, 0.3) is 23.4 Å². The molecule has 0 spiro atoms. The van der Waals surface area contributed by atoms with Gasteiger partial charge in [0.2, 0.25) is 0 Å². The fraction of sp³-hybridized carbons (Fsp3) is 0.0500. The predicted octanol–water partition coefficient (Wildman–Crippen LogP) is 4.84. The predicted molar refractivity (Wildman–Crippen MR) is 92.4 cm³/mol. The van der Waals surface area contributed by atoms with Crippen molar-refractivity contribution >= 4 is 17.8 Å². The highest BCUT2D eigenvalue weighted by molar-refractivity contribution is 5.79. The minimum Gasteiger partial charge on any atom is -0.379 e. The smallest absolute Gasteiger partial charge is 0.0706 e. The highest BCUT2D eigenvalue weighted by Gasteiger charge is 2.09. The zero-order chi connectivity index (χ0) is 14.8. The SMILES string of the molecule is C1=C\c2ccc(-c3ccccc3)nc2CNc2ccccc2/1. The maximum absolute atomic E-state index is 4.84. The second-order valence-corrected chi connectivity index (χ2v) is 5.37. The number of aromatic nitrogens is 1. The highest BCUT2D eigenvalue weighted by atomic mass is 14.9. The average Bonchev–Trinajstić information content (AvgIpc) is 2.58. The van der Waals surface area contributed by atoms with Gasteiger partial charge < -0.3 is 5.32 Å². The summed E-state index contributed by atoms with van der Waals surface area (Å²) in [6.45, 7) is 0.733. The van der Waals surface area contributed by atoms with Gasteiger partial charge in [-0.05, 0) is 23.3 Å². The Bertz CT molecular complexity index is 835. The van der Waals surface area contributed by atoms with Gasteiger partial charge in [-0.2, -0.15) is 0 Å². The highest BCUT2D eigenvalue weighted by Crippen LogP contribution is 2.25. The summed E-state index contributed by atoms with van der Waals surface area (Å²) in [6, 6.07) is 22.9. The van der Waals surface area contributed by atoms with Crippen LogP contribution in [0, 0.1) is 0 Å². The van der Waals surface area contributed by atoms with Crippen LogP contribution >= 0.6 is 0 Å². The van der Waals surface area contributed by atoms with Crippen LogP contribution in [0.15, 0.2) is 66.7 Å². The molecule has 22 heavy (non-hydrogen) atoms. The van der Waals surface area contributed by atoms with Crippen LogP contribution in [-0.4, -0.2) is 4.98 Å². The zero-order valence-electron chi connectivity index (χ0n) is 12.2. The molecule has 2 heterocycles. The summed E-state index contributed by atoms with van der Waals surface area (Å²) in [5.41, 5.74) is 6.77. The molecule has 2 aromatic carbocycles. The molecule has 2 heteroatoms. The third-order valence-corrected chi connectivity index (χ3v) is 3.93. The van der Waals surface area contributed by atoms with Gasteiger partial charge in [0.15, 0.2) is 0 Å². The lowest BCUT2D eigenvalue weighted by Crippen LogP contribution is -2.07. The topological polar surface area (TPSA) is 24.9 Å². The van der Waals surface area contributed by atoms with E-state index in [4.69, 9.17) is 4.98 Å². The van der Waals surface area contributed by atoms with E-state index in [1.807, 2.05) is 18.2 Å². The molecule has 1 aliphatic rings. The van der Waals surface area contributed by atoms with Crippen molar-refractivity contribution in [2.24, 2.45) is 0 Å². The number of anilines is 1. The zero-order valence-corrected chi connectivity index (χ0v) is 12.2. The lowest BCUT2D eigenvalue weighted by atomic mass is 10.0. The Balaban J connectivity index is 1.76. The van der Waals surface area contributed by atoms with Crippen LogP contribution in [-0.2, 0) is 6.54 Å². The molecule has 2 nitrogen and oxygen atoms in total. The minimum absolute atomic E-state index is 0.733. The van der Waals surface area contributed by atoms with E-state index in [0.717, 1.165) is 29.2 Å². The third-order valence-electron chi connectivity index (χ3n) is 3.93. The number of fused-ring (bicyclic) bond motifs is 2.